The average molecular weight is 193 g/mol. The van der Waals surface area contributed by atoms with Crippen LogP contribution in [0.25, 0.3) is 11.9 Å². The van der Waals surface area contributed by atoms with E-state index in [1.807, 2.05) is 0 Å². The number of hydrogen-bond acceptors (Lipinski definition) is 1. The van der Waals surface area contributed by atoms with Gasteiger partial charge in [-0.1, -0.05) is 6.92 Å². The van der Waals surface area contributed by atoms with Crippen LogP contribution in [0.2, 0.25) is 0 Å². The predicted octanol–water partition coefficient (Wildman–Crippen LogP) is 1.23. The minimum absolute atomic E-state index is 0. The summed E-state index contributed by atoms with van der Waals surface area (Å²) in [6.07, 6.45) is 0. The summed E-state index contributed by atoms with van der Waals surface area (Å²) in [5.74, 6) is -1.07. The molecule has 0 aliphatic heterocycles. The number of hydrogen-bond donors (Lipinski definition) is 1. The molecule has 0 aromatic rings. The van der Waals surface area contributed by atoms with Gasteiger partial charge in [-0.15, -0.1) is 0 Å². The number of aliphatic carboxylic acids is 1. The first-order chi connectivity index (χ1) is 2.64. The Kier molecular flexibility index (Phi) is 14.8. The number of carbonyl (C=O) groups is 1. The fraction of sp³-hybridized carbons (Fsp3) is 0.667. The van der Waals surface area contributed by atoms with Gasteiger partial charge in [-0.25, -0.2) is 0 Å². The van der Waals surface area contributed by atoms with E-state index in [1.54, 1.807) is 0 Å². The average Bonchev–Trinajstić information content (AvgIpc) is 1.36. The molecule has 4 nitrogen and oxygen atoms in total. The zero-order chi connectivity index (χ0) is 5.15. The van der Waals surface area contributed by atoms with E-state index in [2.05, 4.69) is 0 Å². The standard InChI is InChI=1S/C3H6NO2.H2N.Y/c1-2(4)3(5)6;;/h2,4H,1H3,(H,5,6);1H2;/q2*-1;. The summed E-state index contributed by atoms with van der Waals surface area (Å²) in [5.41, 5.74) is 6.43. The van der Waals surface area contributed by atoms with Crippen molar-refractivity contribution >= 4 is 5.97 Å². The van der Waals surface area contributed by atoms with E-state index in [9.17, 15) is 4.79 Å². The van der Waals surface area contributed by atoms with E-state index in [4.69, 9.17) is 10.8 Å². The Morgan fingerprint density at radius 1 is 1.75 bits per heavy atom. The topological polar surface area (TPSA) is 94.6 Å². The van der Waals surface area contributed by atoms with Crippen LogP contribution in [0, 0.1) is 0 Å². The fourth-order valence-corrected chi connectivity index (χ4v) is 0. The summed E-state index contributed by atoms with van der Waals surface area (Å²) < 4.78 is 0. The molecule has 0 amide bonds. The van der Waals surface area contributed by atoms with Crippen molar-refractivity contribution in [2.45, 2.75) is 13.0 Å². The molecule has 0 spiro atoms. The third-order valence-electron chi connectivity index (χ3n) is 0.370. The van der Waals surface area contributed by atoms with Crippen molar-refractivity contribution in [3.8, 4) is 0 Å². The maximum absolute atomic E-state index is 9.51. The number of rotatable bonds is 1. The fourth-order valence-electron chi connectivity index (χ4n) is 0. The van der Waals surface area contributed by atoms with Crippen LogP contribution in [0.15, 0.2) is 0 Å². The first-order valence-corrected chi connectivity index (χ1v) is 1.58. The van der Waals surface area contributed by atoms with Crippen LogP contribution in [-0.2, 0) is 37.5 Å². The Labute approximate surface area is 73.3 Å². The number of carboxylic acid groups (broad SMARTS) is 1. The van der Waals surface area contributed by atoms with Gasteiger partial charge in [0.25, 0.3) is 5.97 Å². The van der Waals surface area contributed by atoms with Gasteiger partial charge in [0.05, 0.1) is 0 Å². The third kappa shape index (κ3) is 9.71. The molecule has 47 valence electrons. The Morgan fingerprint density at radius 3 is 1.88 bits per heavy atom. The summed E-state index contributed by atoms with van der Waals surface area (Å²) in [4.78, 5) is 9.51. The largest absolute Gasteiger partial charge is 0.693 e. The van der Waals surface area contributed by atoms with Gasteiger partial charge in [0.1, 0.15) is 0 Å². The normalized spacial score (nSPS) is 10.2. The second kappa shape index (κ2) is 7.49. The summed E-state index contributed by atoms with van der Waals surface area (Å²) in [7, 11) is 0. The molecule has 1 unspecified atom stereocenters. The van der Waals surface area contributed by atoms with E-state index in [1.165, 1.54) is 6.92 Å². The van der Waals surface area contributed by atoms with Gasteiger partial charge in [0, 0.05) is 32.7 Å². The second-order valence-corrected chi connectivity index (χ2v) is 1.06. The van der Waals surface area contributed by atoms with E-state index >= 15 is 0 Å². The minimum Gasteiger partial charge on any atom is -0.693 e. The number of nitrogens with one attached hydrogen (secondary N) is 1. The second-order valence-electron chi connectivity index (χ2n) is 1.06. The van der Waals surface area contributed by atoms with Crippen LogP contribution < -0.4 is 0 Å². The summed E-state index contributed by atoms with van der Waals surface area (Å²) in [6, 6.07) is -0.981. The van der Waals surface area contributed by atoms with E-state index in [0.717, 1.165) is 0 Å². The van der Waals surface area contributed by atoms with Gasteiger partial charge in [-0.2, -0.15) is 0 Å². The molecule has 0 rings (SSSR count). The zero-order valence-electron chi connectivity index (χ0n) is 4.59. The molecule has 0 saturated heterocycles. The Hall–Kier alpha value is 0.494. The van der Waals surface area contributed by atoms with Crippen molar-refractivity contribution in [1.82, 2.24) is 0 Å². The molecule has 0 bridgehead atoms. The van der Waals surface area contributed by atoms with Gasteiger partial charge in [0.2, 0.25) is 0 Å². The maximum Gasteiger partial charge on any atom is 0.285 e. The van der Waals surface area contributed by atoms with Gasteiger partial charge < -0.3 is 17.0 Å². The molecule has 0 heterocycles. The van der Waals surface area contributed by atoms with Crippen LogP contribution in [0.4, 0.5) is 0 Å². The van der Waals surface area contributed by atoms with Crippen molar-refractivity contribution in [3.05, 3.63) is 11.9 Å². The van der Waals surface area contributed by atoms with Crippen molar-refractivity contribution in [1.29, 1.82) is 0 Å². The van der Waals surface area contributed by atoms with Crippen LogP contribution in [0.1, 0.15) is 6.92 Å². The predicted molar refractivity (Wildman–Crippen MR) is 26.7 cm³/mol. The molecule has 8 heavy (non-hydrogen) atoms. The van der Waals surface area contributed by atoms with Gasteiger partial charge >= 0.3 is 0 Å². The SMILES string of the molecule is CC([NH-])C(=O)O.[NH2-].[Y]. The summed E-state index contributed by atoms with van der Waals surface area (Å²) in [6.45, 7) is 1.31. The minimum atomic E-state index is -1.07. The smallest absolute Gasteiger partial charge is 0.285 e. The molecule has 0 aliphatic rings. The molecule has 5 heteroatoms. The molecule has 4 N–H and O–H groups in total. The van der Waals surface area contributed by atoms with Crippen molar-refractivity contribution in [3.63, 3.8) is 0 Å². The molecule has 0 fully saturated rings. The van der Waals surface area contributed by atoms with Crippen LogP contribution >= 0.6 is 0 Å². The van der Waals surface area contributed by atoms with E-state index in [-0.39, 0.29) is 38.9 Å². The number of nitrogens with two attached hydrogens (primary N) is 1. The molecule has 1 atom stereocenters. The molecule has 0 saturated carbocycles. The van der Waals surface area contributed by atoms with Crippen molar-refractivity contribution < 1.29 is 42.6 Å². The van der Waals surface area contributed by atoms with Crippen LogP contribution in [0.3, 0.4) is 0 Å². The maximum atomic E-state index is 9.51. The summed E-state index contributed by atoms with van der Waals surface area (Å²) in [5, 5.41) is 7.80. The zero-order valence-corrected chi connectivity index (χ0v) is 7.43. The Morgan fingerprint density at radius 2 is 1.88 bits per heavy atom. The van der Waals surface area contributed by atoms with E-state index < -0.39 is 12.0 Å². The van der Waals surface area contributed by atoms with Gasteiger partial charge in [0.15, 0.2) is 0 Å². The first kappa shape index (κ1) is 15.8. The van der Waals surface area contributed by atoms with Crippen molar-refractivity contribution in [2.24, 2.45) is 0 Å². The molecular weight excluding hydrogens is 185 g/mol. The van der Waals surface area contributed by atoms with Crippen LogP contribution in [-0.4, -0.2) is 17.1 Å². The first-order valence-electron chi connectivity index (χ1n) is 1.58. The third-order valence-corrected chi connectivity index (χ3v) is 0.370. The summed E-state index contributed by atoms with van der Waals surface area (Å²) >= 11 is 0. The molecule has 0 aliphatic carbocycles. The van der Waals surface area contributed by atoms with Gasteiger partial charge in [-0.3, -0.25) is 4.79 Å². The van der Waals surface area contributed by atoms with Crippen molar-refractivity contribution in [2.75, 3.05) is 0 Å². The quantitative estimate of drug-likeness (QED) is 0.677. The molecule has 0 aromatic carbocycles. The van der Waals surface area contributed by atoms with E-state index in [0.29, 0.717) is 0 Å². The van der Waals surface area contributed by atoms with Crippen LogP contribution in [0.5, 0.6) is 0 Å². The molecule has 1 radical (unpaired) electrons. The number of carboxylic acids is 1. The Bertz CT molecular complexity index is 66.3. The molecule has 0 aromatic heterocycles. The molecular formula is C3H8N2O2Y-2. The van der Waals surface area contributed by atoms with Gasteiger partial charge in [-0.05, 0) is 6.04 Å². The monoisotopic (exact) mass is 193 g/mol. The Balaban J connectivity index is -0.000000125.